The number of nitrogens with zero attached hydrogens (tertiary/aromatic N) is 1. The summed E-state index contributed by atoms with van der Waals surface area (Å²) in [6, 6.07) is 6.11. The third-order valence-corrected chi connectivity index (χ3v) is 4.35. The fourth-order valence-electron chi connectivity index (χ4n) is 2.97. The van der Waals surface area contributed by atoms with Gasteiger partial charge in [0.1, 0.15) is 0 Å². The lowest BCUT2D eigenvalue weighted by molar-refractivity contribution is -0.385. The minimum Gasteiger partial charge on any atom is -0.455 e. The van der Waals surface area contributed by atoms with Crippen molar-refractivity contribution < 1.29 is 19.2 Å². The van der Waals surface area contributed by atoms with E-state index in [9.17, 15) is 19.7 Å². The van der Waals surface area contributed by atoms with Crippen LogP contribution in [-0.4, -0.2) is 29.4 Å². The van der Waals surface area contributed by atoms with Crippen LogP contribution in [0.4, 0.5) is 5.69 Å². The van der Waals surface area contributed by atoms with E-state index >= 15 is 0 Å². The first-order valence-electron chi connectivity index (χ1n) is 8.14. The topological polar surface area (TPSA) is 98.5 Å². The van der Waals surface area contributed by atoms with E-state index in [0.717, 1.165) is 19.3 Å². The molecule has 130 valence electrons. The lowest BCUT2D eigenvalue weighted by Gasteiger charge is -2.29. The molecular formula is C17H22N2O5. The van der Waals surface area contributed by atoms with Gasteiger partial charge in [-0.25, -0.2) is 0 Å². The van der Waals surface area contributed by atoms with Crippen molar-refractivity contribution in [2.45, 2.75) is 45.1 Å². The number of hydrogen-bond acceptors (Lipinski definition) is 5. The number of ether oxygens (including phenoxy) is 1. The highest BCUT2D eigenvalue weighted by atomic mass is 16.6. The summed E-state index contributed by atoms with van der Waals surface area (Å²) in [6.07, 6.45) is 4.06. The summed E-state index contributed by atoms with van der Waals surface area (Å²) >= 11 is 0. The van der Waals surface area contributed by atoms with E-state index in [2.05, 4.69) is 12.2 Å². The molecule has 0 saturated heterocycles. The average Bonchev–Trinajstić information content (AvgIpc) is 2.55. The number of carbonyl (C=O) groups is 2. The molecule has 0 spiro atoms. The number of amides is 1. The van der Waals surface area contributed by atoms with E-state index in [1.54, 1.807) is 6.07 Å². The van der Waals surface area contributed by atoms with Crippen molar-refractivity contribution in [2.75, 3.05) is 6.61 Å². The van der Waals surface area contributed by atoms with Crippen LogP contribution in [0.2, 0.25) is 0 Å². The van der Waals surface area contributed by atoms with E-state index in [-0.39, 0.29) is 36.2 Å². The number of para-hydroxylation sites is 1. The van der Waals surface area contributed by atoms with Gasteiger partial charge in [-0.15, -0.1) is 0 Å². The predicted octanol–water partition coefficient (Wildman–Crippen LogP) is 2.38. The lowest BCUT2D eigenvalue weighted by Crippen LogP contribution is -2.43. The standard InChI is InChI=1S/C17H22N2O5/c1-12-6-2-4-8-14(12)18-16(20)11-24-17(21)10-13-7-3-5-9-15(13)19(22)23/h3,5,7,9,12,14H,2,4,6,8,10-11H2,1H3,(H,18,20)/t12-,14-/m1/s1. The molecule has 1 aromatic rings. The fourth-order valence-corrected chi connectivity index (χ4v) is 2.97. The van der Waals surface area contributed by atoms with Gasteiger partial charge in [0.2, 0.25) is 0 Å². The van der Waals surface area contributed by atoms with E-state index in [1.807, 2.05) is 0 Å². The molecule has 0 bridgehead atoms. The fraction of sp³-hybridized carbons (Fsp3) is 0.529. The number of benzene rings is 1. The molecule has 0 aliphatic heterocycles. The highest BCUT2D eigenvalue weighted by Crippen LogP contribution is 2.23. The number of esters is 1. The molecule has 0 aromatic heterocycles. The van der Waals surface area contributed by atoms with Crippen molar-refractivity contribution in [1.29, 1.82) is 0 Å². The van der Waals surface area contributed by atoms with Crippen molar-refractivity contribution in [3.05, 3.63) is 39.9 Å². The second-order valence-electron chi connectivity index (χ2n) is 6.16. The molecular weight excluding hydrogens is 312 g/mol. The van der Waals surface area contributed by atoms with Gasteiger partial charge in [0.25, 0.3) is 11.6 Å². The Balaban J connectivity index is 1.81. The van der Waals surface area contributed by atoms with Crippen LogP contribution in [-0.2, 0) is 20.7 Å². The van der Waals surface area contributed by atoms with Crippen LogP contribution >= 0.6 is 0 Å². The minimum absolute atomic E-state index is 0.125. The molecule has 1 fully saturated rings. The van der Waals surface area contributed by atoms with Crippen LogP contribution in [0.25, 0.3) is 0 Å². The van der Waals surface area contributed by atoms with E-state index in [4.69, 9.17) is 4.74 Å². The second kappa shape index (κ2) is 8.42. The van der Waals surface area contributed by atoms with Crippen LogP contribution in [0.1, 0.15) is 38.2 Å². The molecule has 2 rings (SSSR count). The largest absolute Gasteiger partial charge is 0.455 e. The van der Waals surface area contributed by atoms with Crippen molar-refractivity contribution >= 4 is 17.6 Å². The molecule has 0 unspecified atom stereocenters. The summed E-state index contributed by atoms with van der Waals surface area (Å²) in [7, 11) is 0. The first-order chi connectivity index (χ1) is 11.5. The summed E-state index contributed by atoms with van der Waals surface area (Å²) < 4.78 is 4.95. The minimum atomic E-state index is -0.656. The van der Waals surface area contributed by atoms with Gasteiger partial charge in [-0.3, -0.25) is 19.7 Å². The van der Waals surface area contributed by atoms with Crippen LogP contribution in [0.15, 0.2) is 24.3 Å². The molecule has 1 N–H and O–H groups in total. The van der Waals surface area contributed by atoms with Gasteiger partial charge >= 0.3 is 5.97 Å². The quantitative estimate of drug-likeness (QED) is 0.489. The number of hydrogen-bond donors (Lipinski definition) is 1. The molecule has 7 nitrogen and oxygen atoms in total. The maximum absolute atomic E-state index is 11.9. The molecule has 24 heavy (non-hydrogen) atoms. The normalized spacial score (nSPS) is 20.2. The molecule has 1 aliphatic rings. The third kappa shape index (κ3) is 5.04. The first kappa shape index (κ1) is 17.9. The summed E-state index contributed by atoms with van der Waals surface area (Å²) in [4.78, 5) is 34.1. The van der Waals surface area contributed by atoms with Crippen molar-refractivity contribution in [3.8, 4) is 0 Å². The summed E-state index contributed by atoms with van der Waals surface area (Å²) in [5, 5.41) is 13.8. The number of nitrogens with one attached hydrogen (secondary N) is 1. The highest BCUT2D eigenvalue weighted by molar-refractivity contribution is 5.81. The Hall–Kier alpha value is -2.44. The Labute approximate surface area is 140 Å². The van der Waals surface area contributed by atoms with Gasteiger partial charge in [-0.1, -0.05) is 38.0 Å². The van der Waals surface area contributed by atoms with Gasteiger partial charge in [-0.2, -0.15) is 0 Å². The Morgan fingerprint density at radius 1 is 1.29 bits per heavy atom. The Morgan fingerprint density at radius 2 is 2.00 bits per heavy atom. The highest BCUT2D eigenvalue weighted by Gasteiger charge is 2.23. The van der Waals surface area contributed by atoms with Crippen molar-refractivity contribution in [3.63, 3.8) is 0 Å². The van der Waals surface area contributed by atoms with E-state index in [1.165, 1.54) is 24.6 Å². The maximum atomic E-state index is 11.9. The Bertz CT molecular complexity index is 617. The summed E-state index contributed by atoms with van der Waals surface area (Å²) in [5.74, 6) is -0.564. The maximum Gasteiger partial charge on any atom is 0.311 e. The predicted molar refractivity (Wildman–Crippen MR) is 87.3 cm³/mol. The number of nitro benzene ring substituents is 1. The van der Waals surface area contributed by atoms with Crippen LogP contribution in [0.5, 0.6) is 0 Å². The number of rotatable bonds is 6. The second-order valence-corrected chi connectivity index (χ2v) is 6.16. The molecule has 1 amide bonds. The van der Waals surface area contributed by atoms with Crippen LogP contribution < -0.4 is 5.32 Å². The van der Waals surface area contributed by atoms with Gasteiger partial charge in [0, 0.05) is 17.7 Å². The summed E-state index contributed by atoms with van der Waals surface area (Å²) in [6.45, 7) is 1.74. The number of carbonyl (C=O) groups excluding carboxylic acids is 2. The first-order valence-corrected chi connectivity index (χ1v) is 8.14. The Morgan fingerprint density at radius 3 is 2.71 bits per heavy atom. The van der Waals surface area contributed by atoms with Crippen molar-refractivity contribution in [1.82, 2.24) is 5.32 Å². The van der Waals surface area contributed by atoms with E-state index < -0.39 is 10.9 Å². The molecule has 0 radical (unpaired) electrons. The monoisotopic (exact) mass is 334 g/mol. The van der Waals surface area contributed by atoms with Gasteiger partial charge in [0.05, 0.1) is 11.3 Å². The van der Waals surface area contributed by atoms with Crippen LogP contribution in [0, 0.1) is 16.0 Å². The van der Waals surface area contributed by atoms with Gasteiger partial charge in [-0.05, 0) is 18.8 Å². The molecule has 1 aliphatic carbocycles. The molecule has 7 heteroatoms. The molecule has 1 aromatic carbocycles. The third-order valence-electron chi connectivity index (χ3n) is 4.35. The average molecular weight is 334 g/mol. The smallest absolute Gasteiger partial charge is 0.311 e. The zero-order chi connectivity index (χ0) is 17.5. The zero-order valence-electron chi connectivity index (χ0n) is 13.7. The zero-order valence-corrected chi connectivity index (χ0v) is 13.7. The van der Waals surface area contributed by atoms with E-state index in [0.29, 0.717) is 5.92 Å². The van der Waals surface area contributed by atoms with Crippen LogP contribution in [0.3, 0.4) is 0 Å². The molecule has 1 saturated carbocycles. The summed E-state index contributed by atoms with van der Waals surface area (Å²) in [5.41, 5.74) is 0.142. The Kier molecular flexibility index (Phi) is 6.28. The molecule has 2 atom stereocenters. The SMILES string of the molecule is C[C@@H]1CCCC[C@H]1NC(=O)COC(=O)Cc1ccccc1[N+](=O)[O-]. The lowest BCUT2D eigenvalue weighted by atomic mass is 9.86. The van der Waals surface area contributed by atoms with Crippen molar-refractivity contribution in [2.24, 2.45) is 5.92 Å². The van der Waals surface area contributed by atoms with Gasteiger partial charge in [0.15, 0.2) is 6.61 Å². The molecule has 0 heterocycles. The number of nitro groups is 1. The van der Waals surface area contributed by atoms with Gasteiger partial charge < -0.3 is 10.1 Å².